The van der Waals surface area contributed by atoms with Crippen LogP contribution in [0.3, 0.4) is 0 Å². The average molecular weight is 460 g/mol. The van der Waals surface area contributed by atoms with Crippen LogP contribution in [-0.2, 0) is 5.41 Å². The summed E-state index contributed by atoms with van der Waals surface area (Å²) < 4.78 is 5.31. The molecule has 1 aliphatic heterocycles. The molecule has 3 N–H and O–H groups in total. The van der Waals surface area contributed by atoms with Crippen LogP contribution in [0.4, 0.5) is 0 Å². The van der Waals surface area contributed by atoms with Crippen molar-refractivity contribution in [2.75, 3.05) is 33.3 Å². The number of hydrogen-bond acceptors (Lipinski definition) is 3. The van der Waals surface area contributed by atoms with Crippen molar-refractivity contribution in [2.45, 2.75) is 45.1 Å². The zero-order valence-corrected chi connectivity index (χ0v) is 18.2. The Morgan fingerprint density at radius 1 is 1.44 bits per heavy atom. The van der Waals surface area contributed by atoms with E-state index in [1.165, 1.54) is 24.9 Å². The van der Waals surface area contributed by atoms with Gasteiger partial charge >= 0.3 is 0 Å². The van der Waals surface area contributed by atoms with Gasteiger partial charge in [-0.05, 0) is 43.6 Å². The van der Waals surface area contributed by atoms with E-state index in [4.69, 9.17) is 10.5 Å². The van der Waals surface area contributed by atoms with Crippen LogP contribution >= 0.6 is 24.0 Å². The van der Waals surface area contributed by atoms with Crippen LogP contribution in [-0.4, -0.2) is 50.2 Å². The molecule has 1 aromatic carbocycles. The standard InChI is InChI=1S/C19H32N4O.HI/c1-5-23-11-7-9-16(23)13-21-18(20)22-14-19(2,3)15-8-6-10-17(12-15)24-4;/h6,8,10,12,16H,5,7,9,11,13-14H2,1-4H3,(H3,20,21,22);1H. The van der Waals surface area contributed by atoms with E-state index < -0.39 is 0 Å². The maximum Gasteiger partial charge on any atom is 0.188 e. The summed E-state index contributed by atoms with van der Waals surface area (Å²) >= 11 is 0. The minimum Gasteiger partial charge on any atom is -0.497 e. The number of likely N-dealkylation sites (N-methyl/N-ethyl adjacent to an activating group) is 1. The lowest BCUT2D eigenvalue weighted by atomic mass is 9.85. The lowest BCUT2D eigenvalue weighted by Crippen LogP contribution is -2.43. The van der Waals surface area contributed by atoms with Crippen molar-refractivity contribution in [3.8, 4) is 5.75 Å². The predicted molar refractivity (Wildman–Crippen MR) is 116 cm³/mol. The Bertz CT molecular complexity index is 562. The van der Waals surface area contributed by atoms with Gasteiger partial charge in [0.1, 0.15) is 5.75 Å². The first-order valence-electron chi connectivity index (χ1n) is 8.88. The van der Waals surface area contributed by atoms with Gasteiger partial charge in [-0.2, -0.15) is 0 Å². The highest BCUT2D eigenvalue weighted by atomic mass is 127. The van der Waals surface area contributed by atoms with Crippen molar-refractivity contribution in [3.05, 3.63) is 29.8 Å². The number of rotatable bonds is 7. The first kappa shape index (κ1) is 22.0. The van der Waals surface area contributed by atoms with Gasteiger partial charge < -0.3 is 15.8 Å². The number of hydrogen-bond donors (Lipinski definition) is 2. The fourth-order valence-electron chi connectivity index (χ4n) is 3.24. The van der Waals surface area contributed by atoms with Crippen LogP contribution in [0.1, 0.15) is 39.2 Å². The van der Waals surface area contributed by atoms with E-state index in [1.54, 1.807) is 7.11 Å². The topological polar surface area (TPSA) is 62.9 Å². The van der Waals surface area contributed by atoms with Crippen LogP contribution in [0.15, 0.2) is 29.3 Å². The molecular formula is C19H33IN4O. The van der Waals surface area contributed by atoms with Gasteiger partial charge in [-0.1, -0.05) is 32.9 Å². The molecule has 1 heterocycles. The highest BCUT2D eigenvalue weighted by Crippen LogP contribution is 2.26. The molecule has 1 fully saturated rings. The largest absolute Gasteiger partial charge is 0.497 e. The molecule has 1 atom stereocenters. The number of methoxy groups -OCH3 is 1. The molecule has 0 saturated carbocycles. The van der Waals surface area contributed by atoms with E-state index in [9.17, 15) is 0 Å². The van der Waals surface area contributed by atoms with Gasteiger partial charge in [-0.3, -0.25) is 9.89 Å². The van der Waals surface area contributed by atoms with Crippen LogP contribution in [0, 0.1) is 0 Å². The summed E-state index contributed by atoms with van der Waals surface area (Å²) in [4.78, 5) is 7.06. The molecule has 1 aliphatic rings. The van der Waals surface area contributed by atoms with E-state index in [-0.39, 0.29) is 29.4 Å². The fourth-order valence-corrected chi connectivity index (χ4v) is 3.24. The highest BCUT2D eigenvalue weighted by molar-refractivity contribution is 14.0. The molecule has 0 aliphatic carbocycles. The van der Waals surface area contributed by atoms with Crippen LogP contribution in [0.5, 0.6) is 5.75 Å². The molecule has 1 saturated heterocycles. The Kier molecular flexibility index (Phi) is 8.99. The normalized spacial score (nSPS) is 18.7. The lowest BCUT2D eigenvalue weighted by Gasteiger charge is -2.25. The lowest BCUT2D eigenvalue weighted by molar-refractivity contribution is 0.267. The smallest absolute Gasteiger partial charge is 0.188 e. The van der Waals surface area contributed by atoms with Gasteiger partial charge in [0.25, 0.3) is 0 Å². The number of benzene rings is 1. The molecular weight excluding hydrogens is 427 g/mol. The van der Waals surface area contributed by atoms with E-state index in [2.05, 4.69) is 48.1 Å². The molecule has 0 aromatic heterocycles. The van der Waals surface area contributed by atoms with Crippen molar-refractivity contribution in [1.82, 2.24) is 10.2 Å². The molecule has 5 nitrogen and oxygen atoms in total. The average Bonchev–Trinajstić information content (AvgIpc) is 3.06. The number of nitrogens with one attached hydrogen (secondary N) is 1. The predicted octanol–water partition coefficient (Wildman–Crippen LogP) is 2.98. The molecule has 1 aromatic rings. The molecule has 0 spiro atoms. The Labute approximate surface area is 169 Å². The third-order valence-electron chi connectivity index (χ3n) is 4.92. The van der Waals surface area contributed by atoms with Crippen molar-refractivity contribution >= 4 is 29.9 Å². The Morgan fingerprint density at radius 3 is 2.88 bits per heavy atom. The molecule has 0 bridgehead atoms. The zero-order valence-electron chi connectivity index (χ0n) is 15.9. The number of nitrogens with zero attached hydrogens (tertiary/aromatic N) is 2. The molecule has 25 heavy (non-hydrogen) atoms. The Balaban J connectivity index is 0.00000312. The number of aliphatic imine (C=N–C) groups is 1. The molecule has 2 rings (SSSR count). The number of nitrogens with two attached hydrogens (primary N) is 1. The number of guanidine groups is 1. The number of ether oxygens (including phenoxy) is 1. The fraction of sp³-hybridized carbons (Fsp3) is 0.632. The Morgan fingerprint density at radius 2 is 2.20 bits per heavy atom. The first-order chi connectivity index (χ1) is 11.5. The van der Waals surface area contributed by atoms with Crippen LogP contribution in [0.2, 0.25) is 0 Å². The monoisotopic (exact) mass is 460 g/mol. The molecule has 1 unspecified atom stereocenters. The summed E-state index contributed by atoms with van der Waals surface area (Å²) in [5, 5.41) is 3.30. The summed E-state index contributed by atoms with van der Waals surface area (Å²) in [6.45, 7) is 10.4. The SMILES string of the molecule is CCN1CCCC1CNC(N)=NCC(C)(C)c1cccc(OC)c1.I. The van der Waals surface area contributed by atoms with Gasteiger partial charge in [0.2, 0.25) is 0 Å². The number of likely N-dealkylation sites (tertiary alicyclic amines) is 1. The summed E-state index contributed by atoms with van der Waals surface area (Å²) in [5.41, 5.74) is 7.18. The molecule has 6 heteroatoms. The maximum atomic E-state index is 6.08. The van der Waals surface area contributed by atoms with E-state index in [1.807, 2.05) is 12.1 Å². The third-order valence-corrected chi connectivity index (χ3v) is 4.92. The van der Waals surface area contributed by atoms with Crippen molar-refractivity contribution in [1.29, 1.82) is 0 Å². The first-order valence-corrected chi connectivity index (χ1v) is 8.88. The summed E-state index contributed by atoms with van der Waals surface area (Å²) in [7, 11) is 1.69. The minimum atomic E-state index is -0.0936. The zero-order chi connectivity index (χ0) is 17.6. The van der Waals surface area contributed by atoms with Crippen LogP contribution in [0.25, 0.3) is 0 Å². The quantitative estimate of drug-likeness (QED) is 0.373. The van der Waals surface area contributed by atoms with Crippen molar-refractivity contribution < 1.29 is 4.74 Å². The van der Waals surface area contributed by atoms with Gasteiger partial charge in [0, 0.05) is 18.0 Å². The minimum absolute atomic E-state index is 0. The third kappa shape index (κ3) is 6.33. The Hall–Kier alpha value is -1.02. The van der Waals surface area contributed by atoms with E-state index in [0.29, 0.717) is 18.5 Å². The molecule has 142 valence electrons. The summed E-state index contributed by atoms with van der Waals surface area (Å²) in [5.74, 6) is 1.41. The van der Waals surface area contributed by atoms with E-state index in [0.717, 1.165) is 18.8 Å². The van der Waals surface area contributed by atoms with Gasteiger partial charge in [0.05, 0.1) is 13.7 Å². The van der Waals surface area contributed by atoms with Crippen molar-refractivity contribution in [2.24, 2.45) is 10.7 Å². The number of halogens is 1. The second-order valence-corrected chi connectivity index (χ2v) is 7.12. The summed E-state index contributed by atoms with van der Waals surface area (Å²) in [6.07, 6.45) is 2.52. The van der Waals surface area contributed by atoms with E-state index >= 15 is 0 Å². The van der Waals surface area contributed by atoms with Gasteiger partial charge in [-0.15, -0.1) is 24.0 Å². The maximum absolute atomic E-state index is 6.08. The molecule has 0 amide bonds. The highest BCUT2D eigenvalue weighted by Gasteiger charge is 2.23. The van der Waals surface area contributed by atoms with Crippen LogP contribution < -0.4 is 15.8 Å². The second-order valence-electron chi connectivity index (χ2n) is 7.12. The van der Waals surface area contributed by atoms with Crippen molar-refractivity contribution in [3.63, 3.8) is 0 Å². The van der Waals surface area contributed by atoms with Gasteiger partial charge in [0.15, 0.2) is 5.96 Å². The van der Waals surface area contributed by atoms with Gasteiger partial charge in [-0.25, -0.2) is 0 Å². The second kappa shape index (κ2) is 10.2. The summed E-state index contributed by atoms with van der Waals surface area (Å²) in [6, 6.07) is 8.73. The molecule has 0 radical (unpaired) electrons.